The van der Waals surface area contributed by atoms with E-state index in [1.165, 1.54) is 327 Å². The quantitative estimate of drug-likeness (QED) is 0.0211. The minimum atomic E-state index is -4.39. The average molecular weight is 1200 g/mol. The minimum Gasteiger partial charge on any atom is -0.462 e. The first-order valence-electron chi connectivity index (χ1n) is 36.9. The smallest absolute Gasteiger partial charge is 0.462 e. The molecule has 0 aliphatic rings. The second-order valence-corrected chi connectivity index (χ2v) is 28.1. The summed E-state index contributed by atoms with van der Waals surface area (Å²) in [7, 11) is 1.51. The van der Waals surface area contributed by atoms with Crippen LogP contribution in [0, 0.1) is 0 Å². The highest BCUT2D eigenvalue weighted by molar-refractivity contribution is 7.47. The maximum absolute atomic E-state index is 12.9. The van der Waals surface area contributed by atoms with Crippen LogP contribution in [0.25, 0.3) is 0 Å². The molecule has 0 heterocycles. The number of hydrogen-bond donors (Lipinski definition) is 1. The maximum atomic E-state index is 12.9. The number of likely N-dealkylation sites (N-methyl/N-ethyl adjacent to an activating group) is 1. The maximum Gasteiger partial charge on any atom is 0.472 e. The topological polar surface area (TPSA) is 108 Å². The molecule has 0 radical (unpaired) electrons. The predicted molar refractivity (Wildman–Crippen MR) is 358 cm³/mol. The van der Waals surface area contributed by atoms with Crippen LogP contribution in [0.5, 0.6) is 0 Å². The number of quaternary nitrogens is 1. The fourth-order valence-electron chi connectivity index (χ4n) is 11.4. The van der Waals surface area contributed by atoms with Gasteiger partial charge in [0.25, 0.3) is 0 Å². The van der Waals surface area contributed by atoms with E-state index in [0.717, 1.165) is 38.5 Å². The first-order valence-corrected chi connectivity index (χ1v) is 38.4. The fourth-order valence-corrected chi connectivity index (χ4v) is 12.1. The molecule has 0 spiro atoms. The van der Waals surface area contributed by atoms with Crippen molar-refractivity contribution in [3.63, 3.8) is 0 Å². The number of unbranched alkanes of at least 4 members (excludes halogenated alkanes) is 54. The van der Waals surface area contributed by atoms with Crippen LogP contribution in [0.3, 0.4) is 0 Å². The summed E-state index contributed by atoms with van der Waals surface area (Å²) in [6.07, 6.45) is 80.5. The summed E-state index contributed by atoms with van der Waals surface area (Å²) in [5, 5.41) is 0. The van der Waals surface area contributed by atoms with Crippen molar-refractivity contribution < 1.29 is 42.1 Å². The van der Waals surface area contributed by atoms with Crippen molar-refractivity contribution in [3.05, 3.63) is 12.2 Å². The number of phosphoric acid groups is 1. The van der Waals surface area contributed by atoms with Crippen LogP contribution in [0.2, 0.25) is 0 Å². The van der Waals surface area contributed by atoms with Gasteiger partial charge in [-0.1, -0.05) is 353 Å². The normalized spacial score (nSPS) is 13.1. The van der Waals surface area contributed by atoms with E-state index in [-0.39, 0.29) is 25.6 Å². The predicted octanol–water partition coefficient (Wildman–Crippen LogP) is 23.9. The second kappa shape index (κ2) is 65.2. The van der Waals surface area contributed by atoms with Gasteiger partial charge in [0, 0.05) is 12.8 Å². The zero-order valence-corrected chi connectivity index (χ0v) is 57.4. The Hall–Kier alpha value is -1.25. The van der Waals surface area contributed by atoms with E-state index >= 15 is 0 Å². The van der Waals surface area contributed by atoms with Gasteiger partial charge in [0.2, 0.25) is 0 Å². The Labute approximate surface area is 517 Å². The van der Waals surface area contributed by atoms with Gasteiger partial charge in [-0.15, -0.1) is 0 Å². The minimum absolute atomic E-state index is 0.0368. The largest absolute Gasteiger partial charge is 0.472 e. The number of phosphoric ester groups is 1. The number of allylic oxidation sites excluding steroid dienone is 2. The Balaban J connectivity index is 3.94. The van der Waals surface area contributed by atoms with Crippen LogP contribution in [0.15, 0.2) is 12.2 Å². The van der Waals surface area contributed by atoms with E-state index in [1.807, 2.05) is 21.1 Å². The second-order valence-electron chi connectivity index (χ2n) is 26.7. The lowest BCUT2D eigenvalue weighted by molar-refractivity contribution is -0.870. The number of carbonyl (C=O) groups is 2. The fraction of sp³-hybridized carbons (Fsp3) is 0.945. The molecular formula is C73H145NO8P+. The van der Waals surface area contributed by atoms with E-state index in [0.29, 0.717) is 17.4 Å². The third-order valence-electron chi connectivity index (χ3n) is 17.0. The van der Waals surface area contributed by atoms with Gasteiger partial charge < -0.3 is 18.9 Å². The molecule has 0 rings (SSSR count). The van der Waals surface area contributed by atoms with E-state index in [2.05, 4.69) is 26.0 Å². The molecule has 494 valence electrons. The molecule has 0 aliphatic heterocycles. The molecule has 1 N–H and O–H groups in total. The van der Waals surface area contributed by atoms with E-state index < -0.39 is 26.5 Å². The zero-order valence-electron chi connectivity index (χ0n) is 56.5. The number of rotatable bonds is 70. The molecule has 83 heavy (non-hydrogen) atoms. The highest BCUT2D eigenvalue weighted by atomic mass is 31.2. The van der Waals surface area contributed by atoms with Crippen molar-refractivity contribution in [1.82, 2.24) is 0 Å². The lowest BCUT2D eigenvalue weighted by Crippen LogP contribution is -2.37. The SMILES string of the molecule is CCCCCCCCCC/C=C\CCCCCCCCCCCCCCCCCCCCCCCC(=O)OC(COC(=O)CCCCCCCCCCCCCCCCCCCCCCCCCCCC)COP(=O)(O)OCC[N+](C)(C)C. The van der Waals surface area contributed by atoms with Gasteiger partial charge in [0.05, 0.1) is 27.7 Å². The molecular weight excluding hydrogens is 1050 g/mol. The van der Waals surface area contributed by atoms with Gasteiger partial charge in [-0.2, -0.15) is 0 Å². The molecule has 0 aromatic carbocycles. The Kier molecular flexibility index (Phi) is 64.2. The highest BCUT2D eigenvalue weighted by Crippen LogP contribution is 2.43. The molecule has 0 aliphatic carbocycles. The summed E-state index contributed by atoms with van der Waals surface area (Å²) < 4.78 is 34.8. The van der Waals surface area contributed by atoms with Crippen LogP contribution < -0.4 is 0 Å². The Morgan fingerprint density at radius 1 is 0.361 bits per heavy atom. The summed E-state index contributed by atoms with van der Waals surface area (Å²) in [6, 6.07) is 0. The van der Waals surface area contributed by atoms with Crippen molar-refractivity contribution in [2.24, 2.45) is 0 Å². The summed E-state index contributed by atoms with van der Waals surface area (Å²) in [5.74, 6) is -0.769. The number of nitrogens with zero attached hydrogens (tertiary/aromatic N) is 1. The Morgan fingerprint density at radius 2 is 0.614 bits per heavy atom. The van der Waals surface area contributed by atoms with Crippen molar-refractivity contribution in [1.29, 1.82) is 0 Å². The Bertz CT molecular complexity index is 1400. The monoisotopic (exact) mass is 1200 g/mol. The number of esters is 2. The van der Waals surface area contributed by atoms with Crippen LogP contribution in [0.1, 0.15) is 393 Å². The lowest BCUT2D eigenvalue weighted by atomic mass is 10.0. The molecule has 0 bridgehead atoms. The summed E-state index contributed by atoms with van der Waals surface area (Å²) in [6.45, 7) is 4.53. The molecule has 0 saturated carbocycles. The third kappa shape index (κ3) is 69.7. The molecule has 0 fully saturated rings. The van der Waals surface area contributed by atoms with Crippen LogP contribution in [-0.2, 0) is 32.7 Å². The molecule has 2 atom stereocenters. The van der Waals surface area contributed by atoms with Crippen molar-refractivity contribution in [2.75, 3.05) is 47.5 Å². The highest BCUT2D eigenvalue weighted by Gasteiger charge is 2.27. The van der Waals surface area contributed by atoms with Crippen LogP contribution in [0.4, 0.5) is 0 Å². The lowest BCUT2D eigenvalue weighted by Gasteiger charge is -2.24. The molecule has 10 heteroatoms. The third-order valence-corrected chi connectivity index (χ3v) is 18.0. The van der Waals surface area contributed by atoms with Gasteiger partial charge in [-0.25, -0.2) is 4.57 Å². The molecule has 0 aromatic rings. The number of hydrogen-bond acceptors (Lipinski definition) is 7. The van der Waals surface area contributed by atoms with Gasteiger partial charge in [-0.05, 0) is 38.5 Å². The number of carbonyl (C=O) groups excluding carboxylic acids is 2. The van der Waals surface area contributed by atoms with Crippen molar-refractivity contribution in [3.8, 4) is 0 Å². The first kappa shape index (κ1) is 81.8. The summed E-state index contributed by atoms with van der Waals surface area (Å²) in [5.41, 5.74) is 0. The van der Waals surface area contributed by atoms with Crippen LogP contribution >= 0.6 is 7.82 Å². The van der Waals surface area contributed by atoms with Crippen molar-refractivity contribution in [2.45, 2.75) is 399 Å². The average Bonchev–Trinajstić information content (AvgIpc) is 3.48. The van der Waals surface area contributed by atoms with E-state index in [1.54, 1.807) is 0 Å². The molecule has 2 unspecified atom stereocenters. The van der Waals surface area contributed by atoms with Gasteiger partial charge in [-0.3, -0.25) is 18.6 Å². The van der Waals surface area contributed by atoms with Gasteiger partial charge in [0.15, 0.2) is 6.10 Å². The van der Waals surface area contributed by atoms with Crippen LogP contribution in [-0.4, -0.2) is 74.9 Å². The standard InChI is InChI=1S/C73H144NO8P/c1-6-8-10-12-14-16-18-20-22-24-26-28-30-32-34-35-36-37-38-39-40-42-44-46-48-50-52-54-56-58-60-62-64-66-73(76)82-71(70-81-83(77,78)80-68-67-74(3,4)5)69-79-72(75)65-63-61-59-57-55-53-51-49-47-45-43-41-33-31-29-27-25-23-21-19-17-15-13-11-9-7-2/h24,26,71H,6-23,25,27-70H2,1-5H3/p+1/b26-24-. The molecule has 0 amide bonds. The van der Waals surface area contributed by atoms with Gasteiger partial charge >= 0.3 is 19.8 Å². The Morgan fingerprint density at radius 3 is 0.892 bits per heavy atom. The molecule has 0 saturated heterocycles. The summed E-state index contributed by atoms with van der Waals surface area (Å²) >= 11 is 0. The van der Waals surface area contributed by atoms with Crippen molar-refractivity contribution >= 4 is 19.8 Å². The zero-order chi connectivity index (χ0) is 60.5. The molecule has 9 nitrogen and oxygen atoms in total. The summed E-state index contributed by atoms with van der Waals surface area (Å²) in [4.78, 5) is 35.9. The van der Waals surface area contributed by atoms with Gasteiger partial charge in [0.1, 0.15) is 19.8 Å². The van der Waals surface area contributed by atoms with E-state index in [4.69, 9.17) is 18.5 Å². The first-order chi connectivity index (χ1) is 40.5. The number of ether oxygens (including phenoxy) is 2. The molecule has 0 aromatic heterocycles. The van der Waals surface area contributed by atoms with E-state index in [9.17, 15) is 19.0 Å².